The van der Waals surface area contributed by atoms with Crippen molar-refractivity contribution in [3.63, 3.8) is 0 Å². The Hall–Kier alpha value is -1.05. The number of anilines is 1. The highest BCUT2D eigenvalue weighted by molar-refractivity contribution is 5.38. The zero-order chi connectivity index (χ0) is 18.0. The number of nitrogens with zero attached hydrogens (tertiary/aromatic N) is 1. The van der Waals surface area contributed by atoms with Crippen LogP contribution < -0.4 is 5.73 Å². The maximum atomic E-state index is 5.88. The molecule has 0 aliphatic heterocycles. The van der Waals surface area contributed by atoms with E-state index in [4.69, 9.17) is 5.73 Å². The first-order valence-electron chi connectivity index (χ1n) is 11.0. The van der Waals surface area contributed by atoms with Crippen LogP contribution in [0.15, 0.2) is 18.3 Å². The van der Waals surface area contributed by atoms with E-state index in [0.29, 0.717) is 5.82 Å². The van der Waals surface area contributed by atoms with Crippen molar-refractivity contribution in [2.45, 2.75) is 116 Å². The van der Waals surface area contributed by atoms with Gasteiger partial charge in [-0.25, -0.2) is 4.98 Å². The first-order valence-corrected chi connectivity index (χ1v) is 11.0. The lowest BCUT2D eigenvalue weighted by molar-refractivity contribution is 0.529. The lowest BCUT2D eigenvalue weighted by Crippen LogP contribution is -1.97. The van der Waals surface area contributed by atoms with Gasteiger partial charge in [0.25, 0.3) is 0 Å². The molecule has 1 heterocycles. The first-order chi connectivity index (χ1) is 12.3. The van der Waals surface area contributed by atoms with E-state index in [1.165, 1.54) is 108 Å². The number of hydrogen-bond acceptors (Lipinski definition) is 2. The second-order valence-corrected chi connectivity index (χ2v) is 7.60. The number of aryl methyl sites for hydroxylation is 1. The Kier molecular flexibility index (Phi) is 14.4. The normalized spacial score (nSPS) is 11.1. The smallest absolute Gasteiger partial charge is 0.126 e. The Morgan fingerprint density at radius 3 is 1.56 bits per heavy atom. The van der Waals surface area contributed by atoms with E-state index in [-0.39, 0.29) is 0 Å². The van der Waals surface area contributed by atoms with Gasteiger partial charge in [-0.1, -0.05) is 109 Å². The Balaban J connectivity index is 1.75. The molecule has 0 radical (unpaired) electrons. The van der Waals surface area contributed by atoms with Crippen LogP contribution in [-0.4, -0.2) is 4.98 Å². The minimum Gasteiger partial charge on any atom is -0.383 e. The van der Waals surface area contributed by atoms with Crippen molar-refractivity contribution in [1.82, 2.24) is 4.98 Å². The highest BCUT2D eigenvalue weighted by atomic mass is 14.8. The SMILES string of the molecule is CCCCCCCCCCCCCCCCCCc1cccnc1N. The maximum absolute atomic E-state index is 5.88. The number of nitrogen functional groups attached to an aromatic ring is 1. The Bertz CT molecular complexity index is 403. The molecule has 1 aromatic heterocycles. The summed E-state index contributed by atoms with van der Waals surface area (Å²) in [6.07, 6.45) is 25.5. The van der Waals surface area contributed by atoms with Gasteiger partial charge in [0.2, 0.25) is 0 Å². The van der Waals surface area contributed by atoms with Gasteiger partial charge in [-0.2, -0.15) is 0 Å². The first kappa shape index (κ1) is 22.0. The third kappa shape index (κ3) is 12.9. The van der Waals surface area contributed by atoms with Crippen molar-refractivity contribution in [3.8, 4) is 0 Å². The van der Waals surface area contributed by atoms with Gasteiger partial charge in [0.15, 0.2) is 0 Å². The monoisotopic (exact) mass is 346 g/mol. The average molecular weight is 347 g/mol. The predicted molar refractivity (Wildman–Crippen MR) is 112 cm³/mol. The van der Waals surface area contributed by atoms with Crippen LogP contribution in [0.5, 0.6) is 0 Å². The number of aromatic nitrogens is 1. The fourth-order valence-electron chi connectivity index (χ4n) is 3.53. The van der Waals surface area contributed by atoms with Crippen molar-refractivity contribution < 1.29 is 0 Å². The number of nitrogens with two attached hydrogens (primary N) is 1. The third-order valence-electron chi connectivity index (χ3n) is 5.23. The average Bonchev–Trinajstić information content (AvgIpc) is 2.63. The van der Waals surface area contributed by atoms with Gasteiger partial charge in [-0.05, 0) is 24.5 Å². The lowest BCUT2D eigenvalue weighted by Gasteiger charge is -2.05. The van der Waals surface area contributed by atoms with E-state index >= 15 is 0 Å². The van der Waals surface area contributed by atoms with Crippen molar-refractivity contribution in [2.24, 2.45) is 0 Å². The summed E-state index contributed by atoms with van der Waals surface area (Å²) < 4.78 is 0. The van der Waals surface area contributed by atoms with Gasteiger partial charge < -0.3 is 5.73 Å². The quantitative estimate of drug-likeness (QED) is 0.297. The van der Waals surface area contributed by atoms with Crippen LogP contribution in [0.4, 0.5) is 5.82 Å². The minimum atomic E-state index is 0.712. The summed E-state index contributed by atoms with van der Waals surface area (Å²) in [7, 11) is 0. The predicted octanol–water partition coefficient (Wildman–Crippen LogP) is 7.47. The molecule has 144 valence electrons. The zero-order valence-electron chi connectivity index (χ0n) is 16.8. The highest BCUT2D eigenvalue weighted by Gasteiger charge is 1.99. The fourth-order valence-corrected chi connectivity index (χ4v) is 3.53. The molecule has 0 amide bonds. The fraction of sp³-hybridized carbons (Fsp3) is 0.783. The molecular weight excluding hydrogens is 304 g/mol. The molecule has 0 atom stereocenters. The van der Waals surface area contributed by atoms with Gasteiger partial charge in [-0.15, -0.1) is 0 Å². The molecule has 1 rings (SSSR count). The molecule has 2 nitrogen and oxygen atoms in total. The maximum Gasteiger partial charge on any atom is 0.126 e. The molecule has 0 unspecified atom stereocenters. The summed E-state index contributed by atoms with van der Waals surface area (Å²) in [6, 6.07) is 4.09. The van der Waals surface area contributed by atoms with Crippen molar-refractivity contribution >= 4 is 5.82 Å². The number of pyridine rings is 1. The molecule has 0 aliphatic rings. The Labute approximate surface area is 157 Å². The van der Waals surface area contributed by atoms with Crippen LogP contribution in [0.3, 0.4) is 0 Å². The van der Waals surface area contributed by atoms with Crippen LogP contribution in [0, 0.1) is 0 Å². The molecule has 0 saturated heterocycles. The number of hydrogen-bond donors (Lipinski definition) is 1. The molecule has 0 saturated carbocycles. The molecule has 2 N–H and O–H groups in total. The van der Waals surface area contributed by atoms with Gasteiger partial charge in [0.05, 0.1) is 0 Å². The molecular formula is C23H42N2. The summed E-state index contributed by atoms with van der Waals surface area (Å²) in [5, 5.41) is 0. The minimum absolute atomic E-state index is 0.712. The molecule has 1 aromatic rings. The Morgan fingerprint density at radius 1 is 0.680 bits per heavy atom. The van der Waals surface area contributed by atoms with E-state index < -0.39 is 0 Å². The summed E-state index contributed by atoms with van der Waals surface area (Å²) in [5.74, 6) is 0.712. The Morgan fingerprint density at radius 2 is 1.12 bits per heavy atom. The number of rotatable bonds is 17. The highest BCUT2D eigenvalue weighted by Crippen LogP contribution is 2.15. The standard InChI is InChI=1S/C23H42N2/c1-2-3-4-5-6-7-8-9-10-11-12-13-14-15-16-17-19-22-20-18-21-25-23(22)24/h18,20-21H,2-17,19H2,1H3,(H2,24,25). The molecule has 0 bridgehead atoms. The van der Waals surface area contributed by atoms with Crippen LogP contribution in [0.1, 0.15) is 115 Å². The zero-order valence-corrected chi connectivity index (χ0v) is 16.8. The molecule has 0 spiro atoms. The largest absolute Gasteiger partial charge is 0.383 e. The van der Waals surface area contributed by atoms with Crippen molar-refractivity contribution in [2.75, 3.05) is 5.73 Å². The summed E-state index contributed by atoms with van der Waals surface area (Å²) in [6.45, 7) is 2.29. The van der Waals surface area contributed by atoms with Crippen molar-refractivity contribution in [1.29, 1.82) is 0 Å². The second-order valence-electron chi connectivity index (χ2n) is 7.60. The summed E-state index contributed by atoms with van der Waals surface area (Å²) in [5.41, 5.74) is 7.09. The van der Waals surface area contributed by atoms with Gasteiger partial charge in [0.1, 0.15) is 5.82 Å². The summed E-state index contributed by atoms with van der Waals surface area (Å²) in [4.78, 5) is 4.15. The van der Waals surface area contributed by atoms with E-state index in [1.807, 2.05) is 6.07 Å². The molecule has 2 heteroatoms. The lowest BCUT2D eigenvalue weighted by atomic mass is 10.0. The third-order valence-corrected chi connectivity index (χ3v) is 5.23. The molecule has 0 fully saturated rings. The van der Waals surface area contributed by atoms with Crippen LogP contribution in [-0.2, 0) is 6.42 Å². The van der Waals surface area contributed by atoms with E-state index in [2.05, 4.69) is 18.0 Å². The number of unbranched alkanes of at least 4 members (excludes halogenated alkanes) is 15. The van der Waals surface area contributed by atoms with Crippen LogP contribution >= 0.6 is 0 Å². The molecule has 0 aliphatic carbocycles. The van der Waals surface area contributed by atoms with Gasteiger partial charge >= 0.3 is 0 Å². The van der Waals surface area contributed by atoms with E-state index in [9.17, 15) is 0 Å². The molecule has 25 heavy (non-hydrogen) atoms. The second kappa shape index (κ2) is 16.4. The van der Waals surface area contributed by atoms with E-state index in [1.54, 1.807) is 6.20 Å². The van der Waals surface area contributed by atoms with Crippen molar-refractivity contribution in [3.05, 3.63) is 23.9 Å². The van der Waals surface area contributed by atoms with Gasteiger partial charge in [0, 0.05) is 6.20 Å². The van der Waals surface area contributed by atoms with Crippen LogP contribution in [0.2, 0.25) is 0 Å². The molecule has 0 aromatic carbocycles. The van der Waals surface area contributed by atoms with Gasteiger partial charge in [-0.3, -0.25) is 0 Å². The summed E-state index contributed by atoms with van der Waals surface area (Å²) >= 11 is 0. The van der Waals surface area contributed by atoms with E-state index in [0.717, 1.165) is 6.42 Å². The van der Waals surface area contributed by atoms with Crippen LogP contribution in [0.25, 0.3) is 0 Å². The topological polar surface area (TPSA) is 38.9 Å².